The number of hydrogen-bond donors (Lipinski definition) is 4. The van der Waals surface area contributed by atoms with Gasteiger partial charge in [0.05, 0.1) is 11.1 Å². The first-order chi connectivity index (χ1) is 16.7. The van der Waals surface area contributed by atoms with Gasteiger partial charge in [-0.05, 0) is 23.8 Å². The van der Waals surface area contributed by atoms with Crippen LogP contribution < -0.4 is 15.4 Å². The minimum absolute atomic E-state index is 0.168. The van der Waals surface area contributed by atoms with Crippen LogP contribution in [0.25, 0.3) is 11.0 Å². The zero-order chi connectivity index (χ0) is 23.3. The van der Waals surface area contributed by atoms with Gasteiger partial charge in [0.1, 0.15) is 17.8 Å². The number of para-hydroxylation sites is 1. The second kappa shape index (κ2) is 9.25. The summed E-state index contributed by atoms with van der Waals surface area (Å²) in [6.07, 6.45) is 3.14. The summed E-state index contributed by atoms with van der Waals surface area (Å²) in [6.45, 7) is 0.339. The molecule has 10 nitrogen and oxygen atoms in total. The molecule has 0 spiro atoms. The van der Waals surface area contributed by atoms with Gasteiger partial charge < -0.3 is 14.7 Å². The van der Waals surface area contributed by atoms with Crippen LogP contribution in [0.3, 0.4) is 0 Å². The molecule has 2 aromatic carbocycles. The molecule has 2 amide bonds. The van der Waals surface area contributed by atoms with Gasteiger partial charge in [0.25, 0.3) is 11.8 Å². The Morgan fingerprint density at radius 1 is 0.853 bits per heavy atom. The molecule has 0 unspecified atom stereocenters. The summed E-state index contributed by atoms with van der Waals surface area (Å²) in [6, 6.07) is 19.8. The van der Waals surface area contributed by atoms with Gasteiger partial charge in [-0.2, -0.15) is 0 Å². The van der Waals surface area contributed by atoms with Crippen LogP contribution in [0.15, 0.2) is 79.1 Å². The highest BCUT2D eigenvalue weighted by Crippen LogP contribution is 2.20. The first-order valence-corrected chi connectivity index (χ1v) is 10.4. The highest BCUT2D eigenvalue weighted by Gasteiger charge is 2.17. The van der Waals surface area contributed by atoms with Crippen LogP contribution in [-0.2, 0) is 6.61 Å². The number of carbonyl (C=O) groups excluding carboxylic acids is 2. The van der Waals surface area contributed by atoms with Gasteiger partial charge in [-0.15, -0.1) is 0 Å². The number of ether oxygens (including phenoxy) is 1. The fourth-order valence-electron chi connectivity index (χ4n) is 3.31. The number of nitrogens with one attached hydrogen (secondary N) is 4. The number of anilines is 2. The van der Waals surface area contributed by atoms with Crippen molar-refractivity contribution in [2.75, 3.05) is 10.6 Å². The molecule has 0 aliphatic carbocycles. The molecule has 168 valence electrons. The van der Waals surface area contributed by atoms with Crippen molar-refractivity contribution in [3.63, 3.8) is 0 Å². The van der Waals surface area contributed by atoms with Crippen molar-refractivity contribution in [2.45, 2.75) is 6.61 Å². The Morgan fingerprint density at radius 3 is 2.50 bits per heavy atom. The number of fused-ring (bicyclic) bond motifs is 1. The standard InChI is InChI=1S/C24H19N7O3/c32-21(30-23-25-12-13-26-23)16-8-4-9-17-20(16)29-24(28-17)31-22(33)18-10-5-11-19(27-18)34-14-15-6-2-1-3-7-15/h1-13H,14H2,(H2,25,26,30,32)(H2,28,29,31,33). The van der Waals surface area contributed by atoms with Crippen molar-refractivity contribution in [2.24, 2.45) is 0 Å². The maximum absolute atomic E-state index is 12.8. The molecule has 0 saturated heterocycles. The number of nitrogens with zero attached hydrogens (tertiary/aromatic N) is 3. The predicted octanol–water partition coefficient (Wildman–Crippen LogP) is 3.76. The third-order valence-corrected chi connectivity index (χ3v) is 4.91. The summed E-state index contributed by atoms with van der Waals surface area (Å²) in [5.41, 5.74) is 2.50. The lowest BCUT2D eigenvalue weighted by atomic mass is 10.2. The summed E-state index contributed by atoms with van der Waals surface area (Å²) < 4.78 is 5.70. The average Bonchev–Trinajstić information content (AvgIpc) is 3.52. The van der Waals surface area contributed by atoms with E-state index < -0.39 is 5.91 Å². The minimum Gasteiger partial charge on any atom is -0.473 e. The van der Waals surface area contributed by atoms with Gasteiger partial charge in [-0.25, -0.2) is 15.0 Å². The van der Waals surface area contributed by atoms with E-state index in [1.54, 1.807) is 42.6 Å². The van der Waals surface area contributed by atoms with Crippen LogP contribution in [0.2, 0.25) is 0 Å². The number of amides is 2. The Labute approximate surface area is 193 Å². The fourth-order valence-corrected chi connectivity index (χ4v) is 3.31. The molecule has 4 N–H and O–H groups in total. The molecular weight excluding hydrogens is 434 g/mol. The lowest BCUT2D eigenvalue weighted by Gasteiger charge is -2.07. The number of benzene rings is 2. The first-order valence-electron chi connectivity index (χ1n) is 10.4. The fraction of sp³-hybridized carbons (Fsp3) is 0.0417. The maximum Gasteiger partial charge on any atom is 0.276 e. The molecule has 0 saturated carbocycles. The van der Waals surface area contributed by atoms with E-state index in [-0.39, 0.29) is 17.5 Å². The van der Waals surface area contributed by atoms with Gasteiger partial charge in [0, 0.05) is 18.5 Å². The molecule has 34 heavy (non-hydrogen) atoms. The van der Waals surface area contributed by atoms with Gasteiger partial charge in [-0.1, -0.05) is 42.5 Å². The summed E-state index contributed by atoms with van der Waals surface area (Å²) in [4.78, 5) is 43.9. The SMILES string of the molecule is O=C(Nc1nc2c(C(=O)Nc3ncc[nH]3)cccc2[nH]1)c1cccc(OCc2ccccc2)n1. The van der Waals surface area contributed by atoms with Crippen LogP contribution in [0.4, 0.5) is 11.9 Å². The Balaban J connectivity index is 1.30. The number of rotatable bonds is 7. The number of hydrogen-bond acceptors (Lipinski definition) is 6. The molecule has 3 heterocycles. The average molecular weight is 453 g/mol. The van der Waals surface area contributed by atoms with E-state index in [2.05, 4.69) is 35.6 Å². The van der Waals surface area contributed by atoms with Crippen LogP contribution in [0.1, 0.15) is 26.4 Å². The van der Waals surface area contributed by atoms with Crippen molar-refractivity contribution in [3.8, 4) is 5.88 Å². The van der Waals surface area contributed by atoms with Crippen molar-refractivity contribution >= 4 is 34.7 Å². The molecule has 5 aromatic rings. The second-order valence-electron chi connectivity index (χ2n) is 7.27. The molecule has 3 aromatic heterocycles. The van der Waals surface area contributed by atoms with Crippen molar-refractivity contribution in [3.05, 3.63) is 95.9 Å². The maximum atomic E-state index is 12.8. The monoisotopic (exact) mass is 453 g/mol. The quantitative estimate of drug-likeness (QED) is 0.296. The van der Waals surface area contributed by atoms with E-state index in [1.807, 2.05) is 30.3 Å². The third-order valence-electron chi connectivity index (χ3n) is 4.91. The van der Waals surface area contributed by atoms with Crippen molar-refractivity contribution in [1.29, 1.82) is 0 Å². The second-order valence-corrected chi connectivity index (χ2v) is 7.27. The van der Waals surface area contributed by atoms with E-state index in [0.717, 1.165) is 5.56 Å². The highest BCUT2D eigenvalue weighted by molar-refractivity contribution is 6.11. The molecule has 0 aliphatic rings. The van der Waals surface area contributed by atoms with Crippen LogP contribution in [0.5, 0.6) is 5.88 Å². The Hall–Kier alpha value is -4.99. The molecule has 0 atom stereocenters. The summed E-state index contributed by atoms with van der Waals surface area (Å²) in [7, 11) is 0. The molecule has 0 fully saturated rings. The molecular formula is C24H19N7O3. The van der Waals surface area contributed by atoms with Crippen molar-refractivity contribution < 1.29 is 14.3 Å². The molecule has 10 heteroatoms. The number of aromatic amines is 2. The molecule has 0 aliphatic heterocycles. The third kappa shape index (κ3) is 4.60. The van der Waals surface area contributed by atoms with Crippen LogP contribution >= 0.6 is 0 Å². The minimum atomic E-state index is -0.467. The number of imidazole rings is 2. The zero-order valence-electron chi connectivity index (χ0n) is 17.8. The number of pyridine rings is 1. The number of carbonyl (C=O) groups is 2. The lowest BCUT2D eigenvalue weighted by Crippen LogP contribution is -2.15. The summed E-state index contributed by atoms with van der Waals surface area (Å²) >= 11 is 0. The van der Waals surface area contributed by atoms with E-state index in [1.165, 1.54) is 6.20 Å². The van der Waals surface area contributed by atoms with Gasteiger partial charge in [0.2, 0.25) is 17.8 Å². The Morgan fingerprint density at radius 2 is 1.68 bits per heavy atom. The van der Waals surface area contributed by atoms with Gasteiger partial charge >= 0.3 is 0 Å². The predicted molar refractivity (Wildman–Crippen MR) is 126 cm³/mol. The van der Waals surface area contributed by atoms with Crippen LogP contribution in [-0.4, -0.2) is 36.7 Å². The Kier molecular flexibility index (Phi) is 5.68. The molecule has 0 radical (unpaired) electrons. The first kappa shape index (κ1) is 20.9. The van der Waals surface area contributed by atoms with E-state index in [9.17, 15) is 9.59 Å². The summed E-state index contributed by atoms with van der Waals surface area (Å²) in [5, 5.41) is 5.35. The normalized spacial score (nSPS) is 10.7. The molecule has 5 rings (SSSR count). The summed E-state index contributed by atoms with van der Waals surface area (Å²) in [5.74, 6) is 0.000756. The van der Waals surface area contributed by atoms with Crippen LogP contribution in [0, 0.1) is 0 Å². The van der Waals surface area contributed by atoms with E-state index in [4.69, 9.17) is 4.74 Å². The highest BCUT2D eigenvalue weighted by atomic mass is 16.5. The molecule has 0 bridgehead atoms. The Bertz CT molecular complexity index is 1450. The van der Waals surface area contributed by atoms with Gasteiger partial charge in [0.15, 0.2) is 0 Å². The number of H-pyrrole nitrogens is 2. The van der Waals surface area contributed by atoms with E-state index >= 15 is 0 Å². The zero-order valence-corrected chi connectivity index (χ0v) is 17.8. The van der Waals surface area contributed by atoms with Gasteiger partial charge in [-0.3, -0.25) is 20.2 Å². The number of aromatic nitrogens is 5. The lowest BCUT2D eigenvalue weighted by molar-refractivity contribution is 0.101. The smallest absolute Gasteiger partial charge is 0.276 e. The largest absolute Gasteiger partial charge is 0.473 e. The van der Waals surface area contributed by atoms with Crippen molar-refractivity contribution in [1.82, 2.24) is 24.9 Å². The topological polar surface area (TPSA) is 138 Å². The van der Waals surface area contributed by atoms with E-state index in [0.29, 0.717) is 35.0 Å².